The molecule has 0 aliphatic rings. The molecule has 25 heavy (non-hydrogen) atoms. The van der Waals surface area contributed by atoms with Gasteiger partial charge < -0.3 is 10.1 Å². The van der Waals surface area contributed by atoms with Crippen molar-refractivity contribution in [3.05, 3.63) is 65.0 Å². The average Bonchev–Trinajstić information content (AvgIpc) is 2.54. The molecule has 2 aromatic carbocycles. The summed E-state index contributed by atoms with van der Waals surface area (Å²) >= 11 is 0. The van der Waals surface area contributed by atoms with E-state index in [1.807, 2.05) is 19.1 Å². The van der Waals surface area contributed by atoms with Crippen LogP contribution < -0.4 is 5.32 Å². The summed E-state index contributed by atoms with van der Waals surface area (Å²) in [7, 11) is 0. The van der Waals surface area contributed by atoms with Gasteiger partial charge >= 0.3 is 5.97 Å². The lowest BCUT2D eigenvalue weighted by atomic mass is 10.1. The quantitative estimate of drug-likeness (QED) is 0.646. The molecule has 0 fully saturated rings. The van der Waals surface area contributed by atoms with Crippen LogP contribution in [-0.4, -0.2) is 24.3 Å². The molecule has 0 saturated carbocycles. The highest BCUT2D eigenvalue weighted by atomic mass is 19.1. The summed E-state index contributed by atoms with van der Waals surface area (Å²) in [5.41, 5.74) is 1.90. The van der Waals surface area contributed by atoms with E-state index in [1.54, 1.807) is 12.1 Å². The summed E-state index contributed by atoms with van der Waals surface area (Å²) < 4.78 is 18.9. The second-order valence-corrected chi connectivity index (χ2v) is 5.62. The van der Waals surface area contributed by atoms with Crippen LogP contribution in [0, 0.1) is 12.7 Å². The molecule has 0 spiro atoms. The standard InChI is InChI=1S/C19H18FNO4/c1-12-3-5-14(6-4-12)9-19(24)25-11-18(23)16-8-7-15(10-17(16)20)21-13(2)22/h3-8,10H,9,11H2,1-2H3,(H,21,22). The number of amides is 1. The molecule has 1 N–H and O–H groups in total. The summed E-state index contributed by atoms with van der Waals surface area (Å²) in [6.07, 6.45) is 0.0392. The second-order valence-electron chi connectivity index (χ2n) is 5.62. The first kappa shape index (κ1) is 18.3. The van der Waals surface area contributed by atoms with E-state index >= 15 is 0 Å². The van der Waals surface area contributed by atoms with Gasteiger partial charge in [-0.3, -0.25) is 14.4 Å². The minimum atomic E-state index is -0.786. The van der Waals surface area contributed by atoms with E-state index in [2.05, 4.69) is 5.32 Å². The molecule has 0 aliphatic carbocycles. The SMILES string of the molecule is CC(=O)Nc1ccc(C(=O)COC(=O)Cc2ccc(C)cc2)c(F)c1. The van der Waals surface area contributed by atoms with Crippen LogP contribution >= 0.6 is 0 Å². The fourth-order valence-corrected chi connectivity index (χ4v) is 2.17. The molecule has 5 nitrogen and oxygen atoms in total. The van der Waals surface area contributed by atoms with Crippen LogP contribution in [0.5, 0.6) is 0 Å². The number of ketones is 1. The van der Waals surface area contributed by atoms with E-state index in [0.29, 0.717) is 0 Å². The van der Waals surface area contributed by atoms with Crippen LogP contribution in [0.2, 0.25) is 0 Å². The topological polar surface area (TPSA) is 72.5 Å². The number of hydrogen-bond donors (Lipinski definition) is 1. The van der Waals surface area contributed by atoms with Gasteiger partial charge in [0.2, 0.25) is 11.7 Å². The summed E-state index contributed by atoms with van der Waals surface area (Å²) in [6, 6.07) is 11.1. The Kier molecular flexibility index (Phi) is 6.00. The van der Waals surface area contributed by atoms with Gasteiger partial charge in [-0.2, -0.15) is 0 Å². The Hall–Kier alpha value is -3.02. The molecule has 2 aromatic rings. The summed E-state index contributed by atoms with van der Waals surface area (Å²) in [4.78, 5) is 34.7. The lowest BCUT2D eigenvalue weighted by Gasteiger charge is -2.07. The van der Waals surface area contributed by atoms with Gasteiger partial charge in [0.05, 0.1) is 12.0 Å². The van der Waals surface area contributed by atoms with E-state index in [9.17, 15) is 18.8 Å². The number of carbonyl (C=O) groups excluding carboxylic acids is 3. The number of aryl methyl sites for hydroxylation is 1. The number of rotatable bonds is 6. The van der Waals surface area contributed by atoms with Crippen molar-refractivity contribution in [2.45, 2.75) is 20.3 Å². The molecule has 0 bridgehead atoms. The van der Waals surface area contributed by atoms with Gasteiger partial charge in [0, 0.05) is 12.6 Å². The Labute approximate surface area is 144 Å². The summed E-state index contributed by atoms with van der Waals surface area (Å²) in [6.45, 7) is 2.69. The van der Waals surface area contributed by atoms with Crippen LogP contribution in [0.1, 0.15) is 28.4 Å². The highest BCUT2D eigenvalue weighted by Gasteiger charge is 2.15. The number of hydrogen-bond acceptors (Lipinski definition) is 4. The number of benzene rings is 2. The Morgan fingerprint density at radius 1 is 1.08 bits per heavy atom. The Morgan fingerprint density at radius 3 is 2.36 bits per heavy atom. The van der Waals surface area contributed by atoms with Crippen molar-refractivity contribution in [3.63, 3.8) is 0 Å². The lowest BCUT2D eigenvalue weighted by Crippen LogP contribution is -2.17. The van der Waals surface area contributed by atoms with E-state index < -0.39 is 24.2 Å². The van der Waals surface area contributed by atoms with Crippen molar-refractivity contribution in [2.24, 2.45) is 0 Å². The molecule has 0 atom stereocenters. The van der Waals surface area contributed by atoms with E-state index in [1.165, 1.54) is 19.1 Å². The third kappa shape index (κ3) is 5.53. The number of carbonyl (C=O) groups is 3. The number of nitrogens with one attached hydrogen (secondary N) is 1. The Balaban J connectivity index is 1.92. The molecular formula is C19H18FNO4. The van der Waals surface area contributed by atoms with Crippen molar-refractivity contribution in [3.8, 4) is 0 Å². The molecule has 0 saturated heterocycles. The van der Waals surface area contributed by atoms with E-state index in [-0.39, 0.29) is 23.6 Å². The number of Topliss-reactive ketones (excluding diaryl/α,β-unsaturated/α-hetero) is 1. The van der Waals surface area contributed by atoms with Crippen molar-refractivity contribution in [2.75, 3.05) is 11.9 Å². The molecule has 0 heterocycles. The smallest absolute Gasteiger partial charge is 0.310 e. The lowest BCUT2D eigenvalue weighted by molar-refractivity contribution is -0.141. The highest BCUT2D eigenvalue weighted by Crippen LogP contribution is 2.15. The zero-order valence-electron chi connectivity index (χ0n) is 14.0. The molecule has 2 rings (SSSR count). The predicted molar refractivity (Wildman–Crippen MR) is 90.9 cm³/mol. The summed E-state index contributed by atoms with van der Waals surface area (Å²) in [5.74, 6) is -2.34. The molecule has 6 heteroatoms. The molecular weight excluding hydrogens is 325 g/mol. The maximum atomic E-state index is 13.9. The number of anilines is 1. The van der Waals surface area contributed by atoms with Gasteiger partial charge in [-0.25, -0.2) is 4.39 Å². The predicted octanol–water partition coefficient (Wildman–Crippen LogP) is 3.06. The fourth-order valence-electron chi connectivity index (χ4n) is 2.17. The maximum Gasteiger partial charge on any atom is 0.310 e. The fraction of sp³-hybridized carbons (Fsp3) is 0.211. The van der Waals surface area contributed by atoms with Crippen LogP contribution in [-0.2, 0) is 20.7 Å². The van der Waals surface area contributed by atoms with Crippen molar-refractivity contribution >= 4 is 23.3 Å². The van der Waals surface area contributed by atoms with E-state index in [4.69, 9.17) is 4.74 Å². The zero-order chi connectivity index (χ0) is 18.4. The first-order chi connectivity index (χ1) is 11.8. The normalized spacial score (nSPS) is 10.2. The van der Waals surface area contributed by atoms with Crippen LogP contribution in [0.4, 0.5) is 10.1 Å². The first-order valence-corrected chi connectivity index (χ1v) is 7.66. The average molecular weight is 343 g/mol. The summed E-state index contributed by atoms with van der Waals surface area (Å²) in [5, 5.41) is 2.42. The third-order valence-electron chi connectivity index (χ3n) is 3.42. The van der Waals surface area contributed by atoms with Gasteiger partial charge in [-0.1, -0.05) is 29.8 Å². The van der Waals surface area contributed by atoms with Gasteiger partial charge in [0.25, 0.3) is 0 Å². The minimum absolute atomic E-state index is 0.0392. The van der Waals surface area contributed by atoms with E-state index in [0.717, 1.165) is 17.2 Å². The van der Waals surface area contributed by atoms with Gasteiger partial charge in [0.1, 0.15) is 5.82 Å². The van der Waals surface area contributed by atoms with Crippen molar-refractivity contribution in [1.29, 1.82) is 0 Å². The number of halogens is 1. The van der Waals surface area contributed by atoms with Crippen molar-refractivity contribution in [1.82, 2.24) is 0 Å². The molecule has 0 aromatic heterocycles. The van der Waals surface area contributed by atoms with Gasteiger partial charge in [0.15, 0.2) is 6.61 Å². The molecule has 0 radical (unpaired) electrons. The monoisotopic (exact) mass is 343 g/mol. The largest absolute Gasteiger partial charge is 0.457 e. The number of esters is 1. The van der Waals surface area contributed by atoms with Crippen LogP contribution in [0.3, 0.4) is 0 Å². The molecule has 1 amide bonds. The molecule has 0 aliphatic heterocycles. The second kappa shape index (κ2) is 8.19. The van der Waals surface area contributed by atoms with Crippen molar-refractivity contribution < 1.29 is 23.5 Å². The molecule has 0 unspecified atom stereocenters. The van der Waals surface area contributed by atoms with Crippen LogP contribution in [0.15, 0.2) is 42.5 Å². The Bertz CT molecular complexity index is 800. The highest BCUT2D eigenvalue weighted by molar-refractivity contribution is 5.99. The number of ether oxygens (including phenoxy) is 1. The Morgan fingerprint density at radius 2 is 1.76 bits per heavy atom. The van der Waals surface area contributed by atoms with Gasteiger partial charge in [-0.15, -0.1) is 0 Å². The first-order valence-electron chi connectivity index (χ1n) is 7.66. The maximum absolute atomic E-state index is 13.9. The zero-order valence-corrected chi connectivity index (χ0v) is 14.0. The van der Waals surface area contributed by atoms with Gasteiger partial charge in [-0.05, 0) is 30.7 Å². The third-order valence-corrected chi connectivity index (χ3v) is 3.42. The van der Waals surface area contributed by atoms with Crippen LogP contribution in [0.25, 0.3) is 0 Å². The molecule has 130 valence electrons. The minimum Gasteiger partial charge on any atom is -0.457 e.